The molecule has 1 aliphatic heterocycles. The van der Waals surface area contributed by atoms with E-state index in [-0.39, 0.29) is 19.1 Å². The molecule has 0 radical (unpaired) electrons. The minimum Gasteiger partial charge on any atom is -0.353 e. The van der Waals surface area contributed by atoms with Crippen molar-refractivity contribution in [1.82, 2.24) is 5.32 Å². The van der Waals surface area contributed by atoms with Gasteiger partial charge in [-0.1, -0.05) is 43.3 Å². The van der Waals surface area contributed by atoms with Gasteiger partial charge in [0.1, 0.15) is 9.80 Å². The molecule has 0 aliphatic carbocycles. The fourth-order valence-corrected chi connectivity index (χ4v) is 4.57. The number of allylic oxidation sites excluding steroid dienone is 1. The van der Waals surface area contributed by atoms with Gasteiger partial charge in [-0.2, -0.15) is 0 Å². The number of nitrogens with one attached hydrogen (secondary N) is 1. The van der Waals surface area contributed by atoms with Gasteiger partial charge in [0.25, 0.3) is 0 Å². The Morgan fingerprint density at radius 3 is 2.60 bits per heavy atom. The van der Waals surface area contributed by atoms with E-state index in [4.69, 9.17) is 4.18 Å². The molecule has 6 heteroatoms. The Morgan fingerprint density at radius 1 is 1.24 bits per heavy atom. The molecule has 3 N–H and O–H groups in total. The molecule has 25 heavy (non-hydrogen) atoms. The third kappa shape index (κ3) is 3.94. The Morgan fingerprint density at radius 2 is 1.92 bits per heavy atom. The van der Waals surface area contributed by atoms with Crippen molar-refractivity contribution in [1.29, 1.82) is 0 Å². The molecule has 1 heterocycles. The number of fused-ring (bicyclic) bond motifs is 2. The summed E-state index contributed by atoms with van der Waals surface area (Å²) in [6.07, 6.45) is 3.79. The fraction of sp³-hybridized carbons (Fsp3) is 0.316. The maximum absolute atomic E-state index is 13.3. The molecular formula is C19H23NO4S. The molecule has 2 aromatic carbocycles. The van der Waals surface area contributed by atoms with Gasteiger partial charge in [0, 0.05) is 17.8 Å². The number of hydrogen-bond donors (Lipinski definition) is 3. The molecule has 0 saturated carbocycles. The molecule has 0 spiro atoms. The Hall–Kier alpha value is -1.70. The molecule has 2 atom stereocenters. The zero-order valence-electron chi connectivity index (χ0n) is 14.3. The number of aliphatic hydroxyl groups is 2. The minimum absolute atomic E-state index is 0.0817. The number of rotatable bonds is 6. The van der Waals surface area contributed by atoms with Crippen molar-refractivity contribution < 1.29 is 18.6 Å². The van der Waals surface area contributed by atoms with Crippen molar-refractivity contribution in [3.05, 3.63) is 48.0 Å². The molecule has 2 unspecified atom stereocenters. The van der Waals surface area contributed by atoms with Crippen molar-refractivity contribution >= 4 is 32.0 Å². The van der Waals surface area contributed by atoms with Crippen molar-refractivity contribution in [2.75, 3.05) is 6.61 Å². The van der Waals surface area contributed by atoms with E-state index >= 15 is 0 Å². The van der Waals surface area contributed by atoms with Crippen LogP contribution in [0.25, 0.3) is 16.8 Å². The van der Waals surface area contributed by atoms with E-state index < -0.39 is 15.7 Å². The maximum atomic E-state index is 13.3. The second-order valence-electron chi connectivity index (χ2n) is 6.28. The van der Waals surface area contributed by atoms with Gasteiger partial charge in [-0.3, -0.25) is 9.50 Å². The molecule has 3 rings (SSSR count). The Kier molecular flexibility index (Phi) is 4.99. The summed E-state index contributed by atoms with van der Waals surface area (Å²) in [6.45, 7) is 3.49. The second kappa shape index (κ2) is 6.90. The van der Waals surface area contributed by atoms with Gasteiger partial charge >= 0.3 is 0 Å². The second-order valence-corrected chi connectivity index (χ2v) is 8.32. The Bertz CT molecular complexity index is 926. The standard InChI is InChI=1S/C19H23NO4S/c1-3-19(21,22)20-14(2)13-24-25(23)10-6-9-17-11-15-7-4-5-8-16(15)12-18(17)25/h4-12,14,20-22H,3,13H2,1-2H3. The van der Waals surface area contributed by atoms with Crippen LogP contribution in [-0.4, -0.2) is 38.3 Å². The molecule has 0 bridgehead atoms. The number of benzene rings is 2. The highest BCUT2D eigenvalue weighted by Crippen LogP contribution is 2.28. The van der Waals surface area contributed by atoms with Gasteiger partial charge in [0.15, 0.2) is 0 Å². The first-order chi connectivity index (χ1) is 11.8. The quantitative estimate of drug-likeness (QED) is 0.543. The zero-order chi connectivity index (χ0) is 18.1. The monoisotopic (exact) mass is 361 g/mol. The van der Waals surface area contributed by atoms with Crippen LogP contribution >= 0.6 is 0 Å². The molecule has 0 aromatic heterocycles. The summed E-state index contributed by atoms with van der Waals surface area (Å²) in [4.78, 5) is 0.649. The van der Waals surface area contributed by atoms with Crippen LogP contribution in [0.2, 0.25) is 0 Å². The summed E-state index contributed by atoms with van der Waals surface area (Å²) in [7, 11) is -2.81. The van der Waals surface area contributed by atoms with E-state index in [0.717, 1.165) is 16.3 Å². The van der Waals surface area contributed by atoms with Crippen molar-refractivity contribution in [3.63, 3.8) is 0 Å². The van der Waals surface area contributed by atoms with Crippen LogP contribution in [0, 0.1) is 0 Å². The van der Waals surface area contributed by atoms with Crippen molar-refractivity contribution in [2.24, 2.45) is 0 Å². The van der Waals surface area contributed by atoms with E-state index in [0.29, 0.717) is 4.90 Å². The van der Waals surface area contributed by atoms with Crippen LogP contribution in [0.4, 0.5) is 0 Å². The van der Waals surface area contributed by atoms with Gasteiger partial charge in [0.05, 0.1) is 11.5 Å². The predicted octanol–water partition coefficient (Wildman–Crippen LogP) is 2.27. The normalized spacial score (nSPS) is 21.0. The van der Waals surface area contributed by atoms with Crippen LogP contribution in [0.1, 0.15) is 25.8 Å². The summed E-state index contributed by atoms with van der Waals surface area (Å²) in [5.74, 6) is -1.96. The summed E-state index contributed by atoms with van der Waals surface area (Å²) in [5.41, 5.74) is 0.874. The lowest BCUT2D eigenvalue weighted by Gasteiger charge is -2.26. The van der Waals surface area contributed by atoms with Gasteiger partial charge < -0.3 is 10.2 Å². The van der Waals surface area contributed by atoms with Crippen LogP contribution in [-0.2, 0) is 14.0 Å². The number of hydrogen-bond acceptors (Lipinski definition) is 5. The molecule has 2 aromatic rings. The van der Waals surface area contributed by atoms with E-state index in [1.165, 1.54) is 0 Å². The molecule has 134 valence electrons. The minimum atomic E-state index is -2.81. The molecule has 1 aliphatic rings. The molecule has 5 nitrogen and oxygen atoms in total. The van der Waals surface area contributed by atoms with E-state index in [2.05, 4.69) is 5.32 Å². The highest BCUT2D eigenvalue weighted by molar-refractivity contribution is 7.97. The molecule has 0 saturated heterocycles. The van der Waals surface area contributed by atoms with Gasteiger partial charge in [0.2, 0.25) is 5.91 Å². The molecule has 0 fully saturated rings. The Labute approximate surface area is 148 Å². The predicted molar refractivity (Wildman–Crippen MR) is 101 cm³/mol. The van der Waals surface area contributed by atoms with Gasteiger partial charge in [-0.25, -0.2) is 4.21 Å². The van der Waals surface area contributed by atoms with E-state index in [1.807, 2.05) is 42.5 Å². The lowest BCUT2D eigenvalue weighted by Crippen LogP contribution is -2.50. The average Bonchev–Trinajstić information content (AvgIpc) is 2.59. The third-order valence-electron chi connectivity index (χ3n) is 4.18. The zero-order valence-corrected chi connectivity index (χ0v) is 15.1. The highest BCUT2D eigenvalue weighted by Gasteiger charge is 2.24. The average molecular weight is 361 g/mol. The van der Waals surface area contributed by atoms with E-state index in [1.54, 1.807) is 25.3 Å². The van der Waals surface area contributed by atoms with Crippen LogP contribution < -0.4 is 5.32 Å². The van der Waals surface area contributed by atoms with Gasteiger partial charge in [-0.05, 0) is 35.4 Å². The summed E-state index contributed by atoms with van der Waals surface area (Å²) in [6, 6.07) is 11.4. The summed E-state index contributed by atoms with van der Waals surface area (Å²) in [5, 5.41) is 25.6. The van der Waals surface area contributed by atoms with Crippen LogP contribution in [0.3, 0.4) is 0 Å². The summed E-state index contributed by atoms with van der Waals surface area (Å²) >= 11 is 0. The fourth-order valence-electron chi connectivity index (χ4n) is 2.78. The maximum Gasteiger partial charge on any atom is 0.222 e. The SMILES string of the molecule is CCC(O)(O)NC(C)COS1(=O)=CC=Cc2cc3ccccc3cc21. The molecule has 0 amide bonds. The smallest absolute Gasteiger partial charge is 0.222 e. The largest absolute Gasteiger partial charge is 0.353 e. The van der Waals surface area contributed by atoms with E-state index in [9.17, 15) is 14.4 Å². The lowest BCUT2D eigenvalue weighted by atomic mass is 10.1. The highest BCUT2D eigenvalue weighted by atomic mass is 32.2. The first kappa shape index (κ1) is 18.1. The summed E-state index contributed by atoms with van der Waals surface area (Å²) < 4.78 is 19.1. The first-order valence-corrected chi connectivity index (χ1v) is 9.83. The van der Waals surface area contributed by atoms with Crippen molar-refractivity contribution in [3.8, 4) is 0 Å². The first-order valence-electron chi connectivity index (χ1n) is 8.28. The Balaban J connectivity index is 1.86. The van der Waals surface area contributed by atoms with Crippen molar-refractivity contribution in [2.45, 2.75) is 37.1 Å². The van der Waals surface area contributed by atoms with Gasteiger partial charge in [-0.15, -0.1) is 0 Å². The van der Waals surface area contributed by atoms with Crippen LogP contribution in [0.15, 0.2) is 47.4 Å². The third-order valence-corrected chi connectivity index (χ3v) is 6.15. The van der Waals surface area contributed by atoms with Crippen LogP contribution in [0.5, 0.6) is 0 Å². The molecular weight excluding hydrogens is 338 g/mol. The topological polar surface area (TPSA) is 78.8 Å². The lowest BCUT2D eigenvalue weighted by molar-refractivity contribution is -0.193.